The number of esters is 1. The summed E-state index contributed by atoms with van der Waals surface area (Å²) in [4.78, 5) is 35.4. The van der Waals surface area contributed by atoms with E-state index >= 15 is 0 Å². The van der Waals surface area contributed by atoms with Crippen molar-refractivity contribution in [3.8, 4) is 0 Å². The molecule has 0 aromatic heterocycles. The highest BCUT2D eigenvalue weighted by molar-refractivity contribution is 5.89. The molecular weight excluding hydrogens is 280 g/mol. The van der Waals surface area contributed by atoms with Gasteiger partial charge in [0.05, 0.1) is 12.5 Å². The van der Waals surface area contributed by atoms with Crippen LogP contribution in [0.3, 0.4) is 0 Å². The van der Waals surface area contributed by atoms with E-state index in [-0.39, 0.29) is 36.3 Å². The maximum absolute atomic E-state index is 12.2. The first-order valence-electron chi connectivity index (χ1n) is 7.66. The molecule has 0 heterocycles. The lowest BCUT2D eigenvalue weighted by atomic mass is 9.89. The lowest BCUT2D eigenvalue weighted by molar-refractivity contribution is -0.149. The van der Waals surface area contributed by atoms with Crippen LogP contribution < -0.4 is 0 Å². The predicted octanol–water partition coefficient (Wildman–Crippen LogP) is 2.98. The molecule has 0 radical (unpaired) electrons. The van der Waals surface area contributed by atoms with Crippen molar-refractivity contribution in [3.63, 3.8) is 0 Å². The van der Waals surface area contributed by atoms with Gasteiger partial charge in [-0.05, 0) is 25.8 Å². The van der Waals surface area contributed by atoms with Crippen molar-refractivity contribution in [2.24, 2.45) is 11.8 Å². The van der Waals surface area contributed by atoms with Gasteiger partial charge in [-0.25, -0.2) is 0 Å². The molecule has 0 aliphatic heterocycles. The highest BCUT2D eigenvalue weighted by Crippen LogP contribution is 2.18. The van der Waals surface area contributed by atoms with Gasteiger partial charge in [0.15, 0.2) is 0 Å². The molecule has 4 nitrogen and oxygen atoms in total. The van der Waals surface area contributed by atoms with Gasteiger partial charge in [0.1, 0.15) is 11.6 Å². The van der Waals surface area contributed by atoms with E-state index in [0.717, 1.165) is 5.56 Å². The summed E-state index contributed by atoms with van der Waals surface area (Å²) in [5.41, 5.74) is 0.993. The van der Waals surface area contributed by atoms with Crippen LogP contribution in [0.1, 0.15) is 39.2 Å². The third kappa shape index (κ3) is 6.20. The molecule has 1 aromatic carbocycles. The fraction of sp³-hybridized carbons (Fsp3) is 0.500. The number of carbonyl (C=O) groups excluding carboxylic acids is 3. The first-order chi connectivity index (χ1) is 10.4. The number of hydrogen-bond acceptors (Lipinski definition) is 4. The number of rotatable bonds is 9. The first kappa shape index (κ1) is 18.1. The minimum Gasteiger partial charge on any atom is -0.466 e. The molecule has 0 amide bonds. The van der Waals surface area contributed by atoms with Crippen LogP contribution in [0.25, 0.3) is 0 Å². The first-order valence-corrected chi connectivity index (χ1v) is 7.66. The average Bonchev–Trinajstić information content (AvgIpc) is 2.47. The maximum Gasteiger partial charge on any atom is 0.309 e. The molecule has 0 spiro atoms. The van der Waals surface area contributed by atoms with Gasteiger partial charge in [-0.15, -0.1) is 0 Å². The van der Waals surface area contributed by atoms with Crippen molar-refractivity contribution < 1.29 is 19.1 Å². The van der Waals surface area contributed by atoms with Crippen molar-refractivity contribution in [2.75, 3.05) is 6.61 Å². The predicted molar refractivity (Wildman–Crippen MR) is 84.4 cm³/mol. The second-order valence-electron chi connectivity index (χ2n) is 5.62. The van der Waals surface area contributed by atoms with E-state index in [1.165, 1.54) is 6.92 Å². The van der Waals surface area contributed by atoms with Crippen LogP contribution in [0, 0.1) is 11.8 Å². The fourth-order valence-electron chi connectivity index (χ4n) is 2.39. The molecule has 0 saturated heterocycles. The van der Waals surface area contributed by atoms with E-state index < -0.39 is 5.92 Å². The molecule has 4 heteroatoms. The summed E-state index contributed by atoms with van der Waals surface area (Å²) in [5.74, 6) is -1.29. The van der Waals surface area contributed by atoms with Crippen molar-refractivity contribution in [1.29, 1.82) is 0 Å². The Morgan fingerprint density at radius 1 is 1.09 bits per heavy atom. The average molecular weight is 304 g/mol. The molecule has 120 valence electrons. The van der Waals surface area contributed by atoms with E-state index in [1.54, 1.807) is 13.8 Å². The zero-order valence-electron chi connectivity index (χ0n) is 13.5. The third-order valence-electron chi connectivity index (χ3n) is 3.54. The Hall–Kier alpha value is -1.97. The Labute approximate surface area is 131 Å². The number of hydrogen-bond donors (Lipinski definition) is 0. The lowest BCUT2D eigenvalue weighted by Crippen LogP contribution is -2.26. The van der Waals surface area contributed by atoms with Crippen LogP contribution >= 0.6 is 0 Å². The molecule has 1 rings (SSSR count). The molecule has 2 atom stereocenters. The summed E-state index contributed by atoms with van der Waals surface area (Å²) in [7, 11) is 0. The molecule has 1 aromatic rings. The quantitative estimate of drug-likeness (QED) is 0.658. The molecule has 0 fully saturated rings. The Morgan fingerprint density at radius 2 is 1.73 bits per heavy atom. The number of benzene rings is 1. The molecule has 0 bridgehead atoms. The van der Waals surface area contributed by atoms with Gasteiger partial charge in [0.2, 0.25) is 0 Å². The van der Waals surface area contributed by atoms with Gasteiger partial charge in [-0.2, -0.15) is 0 Å². The molecule has 0 unspecified atom stereocenters. The second-order valence-corrected chi connectivity index (χ2v) is 5.62. The topological polar surface area (TPSA) is 60.4 Å². The van der Waals surface area contributed by atoms with E-state index in [2.05, 4.69) is 0 Å². The Kier molecular flexibility index (Phi) is 7.50. The highest BCUT2D eigenvalue weighted by atomic mass is 16.5. The Balaban J connectivity index is 2.75. The highest BCUT2D eigenvalue weighted by Gasteiger charge is 2.26. The molecule has 0 aliphatic rings. The number of carbonyl (C=O) groups is 3. The van der Waals surface area contributed by atoms with E-state index in [0.29, 0.717) is 13.0 Å². The number of ether oxygens (including phenoxy) is 1. The van der Waals surface area contributed by atoms with Crippen LogP contribution in [0.5, 0.6) is 0 Å². The number of ketones is 2. The zero-order chi connectivity index (χ0) is 16.5. The number of Topliss-reactive ketones (excluding diaryl/α,β-unsaturated/α-hetero) is 2. The van der Waals surface area contributed by atoms with E-state index in [4.69, 9.17) is 4.74 Å². The van der Waals surface area contributed by atoms with Crippen molar-refractivity contribution in [1.82, 2.24) is 0 Å². The summed E-state index contributed by atoms with van der Waals surface area (Å²) >= 11 is 0. The summed E-state index contributed by atoms with van der Waals surface area (Å²) in [5, 5.41) is 0. The van der Waals surface area contributed by atoms with Gasteiger partial charge in [-0.1, -0.05) is 37.3 Å². The zero-order valence-corrected chi connectivity index (χ0v) is 13.5. The van der Waals surface area contributed by atoms with Crippen LogP contribution in [-0.2, 0) is 25.5 Å². The summed E-state index contributed by atoms with van der Waals surface area (Å²) in [6.07, 6.45) is 0.806. The van der Waals surface area contributed by atoms with Gasteiger partial charge in [-0.3, -0.25) is 9.59 Å². The molecule has 0 N–H and O–H groups in total. The largest absolute Gasteiger partial charge is 0.466 e. The third-order valence-corrected chi connectivity index (χ3v) is 3.54. The molecular formula is C18H24O4. The summed E-state index contributed by atoms with van der Waals surface area (Å²) in [6.45, 7) is 5.24. The van der Waals surface area contributed by atoms with Crippen LogP contribution in [0.2, 0.25) is 0 Å². The van der Waals surface area contributed by atoms with Crippen molar-refractivity contribution in [3.05, 3.63) is 35.9 Å². The standard InChI is InChI=1S/C18H24O4/c1-4-22-18(21)16(11-15-8-6-5-7-9-15)12-17(20)13(2)10-14(3)19/h5-9,13,16H,4,10-12H2,1-3H3/t13-,16+/m0/s1. The Morgan fingerprint density at radius 3 is 2.27 bits per heavy atom. The molecule has 22 heavy (non-hydrogen) atoms. The maximum atomic E-state index is 12.2. The lowest BCUT2D eigenvalue weighted by Gasteiger charge is -2.17. The van der Waals surface area contributed by atoms with Crippen LogP contribution in [-0.4, -0.2) is 24.1 Å². The SMILES string of the molecule is CCOC(=O)[C@@H](CC(=O)[C@@H](C)CC(C)=O)Cc1ccccc1. The van der Waals surface area contributed by atoms with Crippen molar-refractivity contribution >= 4 is 17.5 Å². The molecule has 0 saturated carbocycles. The summed E-state index contributed by atoms with van der Waals surface area (Å²) in [6, 6.07) is 9.56. The van der Waals surface area contributed by atoms with Crippen LogP contribution in [0.4, 0.5) is 0 Å². The van der Waals surface area contributed by atoms with Gasteiger partial charge < -0.3 is 9.53 Å². The van der Waals surface area contributed by atoms with Gasteiger partial charge in [0.25, 0.3) is 0 Å². The molecule has 0 aliphatic carbocycles. The smallest absolute Gasteiger partial charge is 0.309 e. The summed E-state index contributed by atoms with van der Waals surface area (Å²) < 4.78 is 5.08. The monoisotopic (exact) mass is 304 g/mol. The van der Waals surface area contributed by atoms with Gasteiger partial charge in [0, 0.05) is 18.8 Å². The Bertz CT molecular complexity index is 507. The van der Waals surface area contributed by atoms with E-state index in [1.807, 2.05) is 30.3 Å². The van der Waals surface area contributed by atoms with E-state index in [9.17, 15) is 14.4 Å². The minimum atomic E-state index is -0.496. The minimum absolute atomic E-state index is 0.0170. The fourth-order valence-corrected chi connectivity index (χ4v) is 2.39. The van der Waals surface area contributed by atoms with Gasteiger partial charge >= 0.3 is 5.97 Å². The second kappa shape index (κ2) is 9.13. The van der Waals surface area contributed by atoms with Crippen molar-refractivity contribution in [2.45, 2.75) is 40.0 Å². The normalized spacial score (nSPS) is 13.2. The van der Waals surface area contributed by atoms with Crippen LogP contribution in [0.15, 0.2) is 30.3 Å².